The second-order valence-corrected chi connectivity index (χ2v) is 44.9. The monoisotopic (exact) mass is 2250 g/mol. The van der Waals surface area contributed by atoms with E-state index < -0.39 is 0 Å². The zero-order valence-corrected chi connectivity index (χ0v) is 87.7. The van der Waals surface area contributed by atoms with Gasteiger partial charge in [0.1, 0.15) is 53.4 Å². The van der Waals surface area contributed by atoms with Crippen LogP contribution in [-0.4, -0.2) is 112 Å². The molecule has 0 aliphatic rings. The average molecular weight is 2250 g/mol. The molecule has 0 unspecified atom stereocenters. The highest BCUT2D eigenvalue weighted by Crippen LogP contribution is 2.42. The average Bonchev–Trinajstić information content (AvgIpc) is 1.25. The van der Waals surface area contributed by atoms with Crippen molar-refractivity contribution < 1.29 is 13.2 Å². The maximum Gasteiger partial charge on any atom is 0.203 e. The first kappa shape index (κ1) is 101. The van der Waals surface area contributed by atoms with Crippen molar-refractivity contribution in [2.45, 2.75) is 65.8 Å². The van der Waals surface area contributed by atoms with E-state index in [-0.39, 0.29) is 17.5 Å². The Labute approximate surface area is 882 Å². The summed E-state index contributed by atoms with van der Waals surface area (Å²) in [4.78, 5) is 49.2. The van der Waals surface area contributed by atoms with Gasteiger partial charge in [-0.15, -0.1) is 73.7 Å². The third-order valence-electron chi connectivity index (χ3n) is 18.2. The number of rotatable bonds is 21. The summed E-state index contributed by atoms with van der Waals surface area (Å²) >= 11 is 78.5. The van der Waals surface area contributed by atoms with Crippen molar-refractivity contribution >= 4 is 381 Å². The maximum absolute atomic E-state index is 13.2. The molecule has 20 aromatic rings. The number of hydrogen-bond acceptors (Lipinski definition) is 34. The van der Waals surface area contributed by atoms with Crippen LogP contribution in [-0.2, 0) is 7.05 Å². The lowest BCUT2D eigenvalue weighted by molar-refractivity contribution is 0.627. The minimum Gasteiger partial charge on any atom is -0.374 e. The van der Waals surface area contributed by atoms with Crippen LogP contribution in [0.2, 0.25) is 50.2 Å². The van der Waals surface area contributed by atoms with Gasteiger partial charge >= 0.3 is 0 Å². The molecule has 12 heterocycles. The smallest absolute Gasteiger partial charge is 0.203 e. The Morgan fingerprint density at radius 3 is 0.819 bits per heavy atom. The van der Waals surface area contributed by atoms with Crippen LogP contribution < -0.4 is 11.5 Å². The van der Waals surface area contributed by atoms with Crippen molar-refractivity contribution in [3.63, 3.8) is 0 Å². The van der Waals surface area contributed by atoms with Crippen LogP contribution >= 0.6 is 255 Å². The van der Waals surface area contributed by atoms with Crippen LogP contribution in [0.4, 0.5) is 23.4 Å². The molecular weight excluding hydrogens is 2200 g/mol. The number of hydrogen-bond donors (Lipinski definition) is 2. The van der Waals surface area contributed by atoms with Gasteiger partial charge in [-0.2, -0.15) is 0 Å². The molecule has 48 heteroatoms. The summed E-state index contributed by atoms with van der Waals surface area (Å²) in [6, 6.07) is 43.6. The summed E-state index contributed by atoms with van der Waals surface area (Å²) in [5.74, 6) is -0.0666. The van der Waals surface area contributed by atoms with Crippen LogP contribution in [0.25, 0.3) is 116 Å². The van der Waals surface area contributed by atoms with E-state index in [1.807, 2.05) is 121 Å². The van der Waals surface area contributed by atoms with E-state index in [0.29, 0.717) is 172 Å². The summed E-state index contributed by atoms with van der Waals surface area (Å²) in [5, 5.41) is 54.6. The normalized spacial score (nSPS) is 11.6. The largest absolute Gasteiger partial charge is 0.374 e. The Morgan fingerprint density at radius 1 is 0.297 bits per heavy atom. The standard InChI is InChI=1S/C20H14Cl2FN5S.C19H11Cl2FN4S3.C18H10Cl2FN5S2.C17H10Cl2N4S3.C16H9Cl2N5S3/c1-11-26-27-20(28(11)2)29-19-16(8-5-12-3-6-13(23)7-4-12)24-17-9-14(21)15(22)10-18(17)25-19;1-27-18-25-26-19(29-18)28-17-14(7-4-10-2-5-11(22)6-3-10)23-15-8-12(20)13(21)9-16(15)24-17;19-11-7-14-15(8-12(11)20)24-16(27-18-26-25-17(22)28-18)13(23-14)6-3-9-1-4-10(21)5-2-9;1-9-22-23-17(25-9)26-16-13(5-4-10-3-2-6-24-10)20-14-7-11(18)12(19)8-15(14)21-16;17-9-6-12-13(7-10(9)18)21-14(25-16-23-22-15(19)26-16)11(20-12)4-3-8-2-1-5-24-8/h3-10H,1-2H3;2-9H,1H3;1-8H,(H2,22,25);2-8H,1H3;1-7H,(H2,19,22)/b8-5+;7-4+;6-3+;5-4+;4-3+. The molecule has 23 nitrogen and oxygen atoms in total. The minimum atomic E-state index is -0.292. The molecule has 0 aliphatic heterocycles. The number of anilines is 2. The van der Waals surface area contributed by atoms with Crippen molar-refractivity contribution in [3.8, 4) is 0 Å². The number of aromatic nitrogens is 21. The summed E-state index contributed by atoms with van der Waals surface area (Å²) in [6.45, 7) is 3.80. The number of thioether (sulfide) groups is 1. The molecule has 0 aliphatic carbocycles. The van der Waals surface area contributed by atoms with Gasteiger partial charge in [0, 0.05) is 16.8 Å². The summed E-state index contributed by atoms with van der Waals surface area (Å²) in [6.07, 6.45) is 20.8. The zero-order valence-electron chi connectivity index (χ0n) is 70.3. The van der Waals surface area contributed by atoms with Gasteiger partial charge < -0.3 is 16.0 Å². The van der Waals surface area contributed by atoms with Crippen molar-refractivity contribution in [1.29, 1.82) is 0 Å². The van der Waals surface area contributed by atoms with Gasteiger partial charge in [0.2, 0.25) is 10.3 Å². The van der Waals surface area contributed by atoms with Crippen LogP contribution in [0.15, 0.2) is 220 Å². The zero-order chi connectivity index (χ0) is 96.8. The molecule has 0 fully saturated rings. The molecule has 12 aromatic heterocycles. The molecule has 0 radical (unpaired) electrons. The number of fused-ring (bicyclic) bond motifs is 5. The van der Waals surface area contributed by atoms with Crippen molar-refractivity contribution in [2.24, 2.45) is 7.05 Å². The van der Waals surface area contributed by atoms with Crippen molar-refractivity contribution in [1.82, 2.24) is 105 Å². The number of nitrogens with zero attached hydrogens (tertiary/aromatic N) is 21. The molecule has 4 N–H and O–H groups in total. The van der Waals surface area contributed by atoms with Gasteiger partial charge in [0.25, 0.3) is 0 Å². The van der Waals surface area contributed by atoms with E-state index in [0.717, 1.165) is 61.0 Å². The van der Waals surface area contributed by atoms with Crippen LogP contribution in [0.1, 0.15) is 65.7 Å². The van der Waals surface area contributed by atoms with Gasteiger partial charge in [0.15, 0.2) is 26.9 Å². The van der Waals surface area contributed by atoms with E-state index in [9.17, 15) is 13.2 Å². The third-order valence-corrected chi connectivity index (χ3v) is 32.9. The number of thiophene rings is 2. The van der Waals surface area contributed by atoms with Gasteiger partial charge in [0.05, 0.1) is 134 Å². The Balaban J connectivity index is 0.000000125. The lowest BCUT2D eigenvalue weighted by Gasteiger charge is -2.08. The molecule has 0 atom stereocenters. The second kappa shape index (κ2) is 47.3. The topological polar surface area (TPSA) is 315 Å². The van der Waals surface area contributed by atoms with E-state index in [2.05, 4.69) is 65.9 Å². The minimum absolute atomic E-state index is 0.281. The Bertz CT molecular complexity index is 7850. The predicted octanol–water partition coefficient (Wildman–Crippen LogP) is 30.9. The van der Waals surface area contributed by atoms with Gasteiger partial charge in [-0.25, -0.2) is 63.0 Å². The molecule has 692 valence electrons. The third kappa shape index (κ3) is 27.2. The maximum atomic E-state index is 13.2. The number of nitrogen functional groups attached to an aromatic ring is 2. The fourth-order valence-corrected chi connectivity index (χ4v) is 22.7. The molecule has 0 spiro atoms. The van der Waals surface area contributed by atoms with Crippen molar-refractivity contribution in [2.75, 3.05) is 17.7 Å². The first-order chi connectivity index (χ1) is 66.5. The molecule has 20 rings (SSSR count). The number of benzene rings is 8. The first-order valence-corrected chi connectivity index (χ1v) is 53.4. The highest BCUT2D eigenvalue weighted by molar-refractivity contribution is 8.03. The van der Waals surface area contributed by atoms with E-state index in [1.54, 1.807) is 126 Å². The predicted molar refractivity (Wildman–Crippen MR) is 572 cm³/mol. The Hall–Kier alpha value is -9.67. The van der Waals surface area contributed by atoms with Crippen LogP contribution in [0, 0.1) is 31.3 Å². The lowest BCUT2D eigenvalue weighted by atomic mass is 10.2. The molecular formula is C90H54Cl10F3N23S12. The fourth-order valence-electron chi connectivity index (χ4n) is 11.6. The summed E-state index contributed by atoms with van der Waals surface area (Å²) < 4.78 is 45.1. The number of nitrogens with two attached hydrogens (primary N) is 2. The highest BCUT2D eigenvalue weighted by atomic mass is 35.5. The molecule has 0 saturated carbocycles. The number of aryl methyl sites for hydroxylation is 2. The number of halogens is 13. The molecule has 0 saturated heterocycles. The Morgan fingerprint density at radius 2 is 0.565 bits per heavy atom. The summed E-state index contributed by atoms with van der Waals surface area (Å²) in [7, 11) is 1.89. The van der Waals surface area contributed by atoms with E-state index in [4.69, 9.17) is 162 Å². The van der Waals surface area contributed by atoms with Gasteiger partial charge in [-0.3, -0.25) is 0 Å². The molecule has 8 aromatic carbocycles. The lowest BCUT2D eigenvalue weighted by Crippen LogP contribution is -1.97. The second-order valence-electron chi connectivity index (χ2n) is 27.7. The Kier molecular flexibility index (Phi) is 34.7. The van der Waals surface area contributed by atoms with E-state index in [1.165, 1.54) is 152 Å². The quantitative estimate of drug-likeness (QED) is 0.0631. The fraction of sp³-hybridized carbons (Fsp3) is 0.0444. The van der Waals surface area contributed by atoms with Crippen LogP contribution in [0.3, 0.4) is 0 Å². The summed E-state index contributed by atoms with van der Waals surface area (Å²) in [5.41, 5.74) is 23.6. The van der Waals surface area contributed by atoms with Gasteiger partial charge in [-0.1, -0.05) is 240 Å². The molecule has 0 bridgehead atoms. The van der Waals surface area contributed by atoms with Gasteiger partial charge in [-0.05, 0) is 258 Å². The molecule has 138 heavy (non-hydrogen) atoms. The SMILES string of the molecule is CSc1nnc(Sc2nc3cc(Cl)c(Cl)cc3nc2/C=C/c2ccc(F)cc2)s1.Cc1nnc(Sc2nc3cc(Cl)c(Cl)cc3nc2/C=C/c2ccc(F)cc2)n1C.Cc1nnc(Sc2nc3cc(Cl)c(Cl)cc3nc2/C=C/c2cccs2)s1.Nc1nnc(Sc2nc3cc(Cl)c(Cl)cc3nc2/C=C/c2ccc(F)cc2)s1.Nc1nnc(Sc2nc3cc(Cl)c(Cl)cc3nc2/C=C/c2cccs2)s1. The van der Waals surface area contributed by atoms with E-state index >= 15 is 0 Å². The molecule has 0 amide bonds. The first-order valence-electron chi connectivity index (χ1n) is 39.3. The van der Waals surface area contributed by atoms with Crippen molar-refractivity contribution in [3.05, 3.63) is 302 Å². The highest BCUT2D eigenvalue weighted by Gasteiger charge is 2.22. The van der Waals surface area contributed by atoms with Crippen LogP contribution in [0.5, 0.6) is 0 Å².